The fourth-order valence-electron chi connectivity index (χ4n) is 2.34. The number of carbonyl (C=O) groups is 1. The number of nitrogens with one attached hydrogen (secondary N) is 1. The number of benzene rings is 1. The minimum Gasteiger partial charge on any atom is -0.492 e. The molecule has 0 aliphatic carbocycles. The maximum Gasteiger partial charge on any atom is 0.237 e. The lowest BCUT2D eigenvalue weighted by molar-refractivity contribution is -0.115. The van der Waals surface area contributed by atoms with Gasteiger partial charge in [0.1, 0.15) is 5.75 Å². The number of carbonyl (C=O) groups excluding carboxylic acids is 1. The average Bonchev–Trinajstić information content (AvgIpc) is 3.27. The summed E-state index contributed by atoms with van der Waals surface area (Å²) in [6.07, 6.45) is 1.59. The quantitative estimate of drug-likeness (QED) is 0.638. The van der Waals surface area contributed by atoms with Crippen LogP contribution in [-0.2, 0) is 11.8 Å². The number of hydrogen-bond donors (Lipinski definition) is 1. The molecule has 0 radical (unpaired) electrons. The number of anilines is 1. The first-order valence-corrected chi connectivity index (χ1v) is 9.10. The molecule has 0 aliphatic heterocycles. The summed E-state index contributed by atoms with van der Waals surface area (Å²) in [7, 11) is 1.84. The fourth-order valence-corrected chi connectivity index (χ4v) is 3.15. The number of aromatic nitrogens is 3. The van der Waals surface area contributed by atoms with E-state index in [9.17, 15) is 4.79 Å². The molecule has 26 heavy (non-hydrogen) atoms. The van der Waals surface area contributed by atoms with E-state index in [1.165, 1.54) is 11.8 Å². The Morgan fingerprint density at radius 3 is 2.85 bits per heavy atom. The maximum atomic E-state index is 12.6. The van der Waals surface area contributed by atoms with Crippen LogP contribution in [-0.4, -0.2) is 32.5 Å². The second-order valence-corrected chi connectivity index (χ2v) is 6.83. The van der Waals surface area contributed by atoms with Crippen molar-refractivity contribution < 1.29 is 13.9 Å². The van der Waals surface area contributed by atoms with Crippen molar-refractivity contribution in [3.05, 3.63) is 42.7 Å². The number of furan rings is 1. The topological polar surface area (TPSA) is 82.2 Å². The third-order valence-corrected chi connectivity index (χ3v) is 4.81. The van der Waals surface area contributed by atoms with Gasteiger partial charge in [-0.05, 0) is 38.1 Å². The van der Waals surface area contributed by atoms with E-state index in [2.05, 4.69) is 15.5 Å². The highest BCUT2D eigenvalue weighted by molar-refractivity contribution is 8.00. The maximum absolute atomic E-state index is 12.6. The summed E-state index contributed by atoms with van der Waals surface area (Å²) in [5.41, 5.74) is 0.654. The summed E-state index contributed by atoms with van der Waals surface area (Å²) in [6.45, 7) is 4.26. The molecule has 8 heteroatoms. The summed E-state index contributed by atoms with van der Waals surface area (Å²) in [4.78, 5) is 12.6. The smallest absolute Gasteiger partial charge is 0.237 e. The Hall–Kier alpha value is -2.74. The second kappa shape index (κ2) is 8.09. The molecule has 0 saturated heterocycles. The Morgan fingerprint density at radius 2 is 2.12 bits per heavy atom. The summed E-state index contributed by atoms with van der Waals surface area (Å²) < 4.78 is 12.7. The molecule has 136 valence electrons. The number of nitrogens with zero attached hydrogens (tertiary/aromatic N) is 3. The van der Waals surface area contributed by atoms with Gasteiger partial charge in [0, 0.05) is 7.05 Å². The predicted octanol–water partition coefficient (Wildman–Crippen LogP) is 3.59. The van der Waals surface area contributed by atoms with Crippen LogP contribution < -0.4 is 10.1 Å². The van der Waals surface area contributed by atoms with E-state index in [0.29, 0.717) is 34.8 Å². The number of amides is 1. The number of rotatable bonds is 7. The highest BCUT2D eigenvalue weighted by atomic mass is 32.2. The van der Waals surface area contributed by atoms with Gasteiger partial charge in [-0.2, -0.15) is 0 Å². The van der Waals surface area contributed by atoms with Crippen LogP contribution in [0.1, 0.15) is 13.8 Å². The van der Waals surface area contributed by atoms with Crippen LogP contribution in [0.4, 0.5) is 5.69 Å². The average molecular weight is 372 g/mol. The summed E-state index contributed by atoms with van der Waals surface area (Å²) in [5.74, 6) is 1.77. The Morgan fingerprint density at radius 1 is 1.31 bits per heavy atom. The van der Waals surface area contributed by atoms with Crippen LogP contribution in [0, 0.1) is 0 Å². The molecular formula is C18H20N4O3S. The number of ether oxygens (including phenoxy) is 1. The van der Waals surface area contributed by atoms with Crippen molar-refractivity contribution in [2.75, 3.05) is 11.9 Å². The van der Waals surface area contributed by atoms with Gasteiger partial charge in [0.2, 0.25) is 5.91 Å². The van der Waals surface area contributed by atoms with Crippen LogP contribution >= 0.6 is 11.8 Å². The van der Waals surface area contributed by atoms with E-state index < -0.39 is 0 Å². The van der Waals surface area contributed by atoms with Crippen molar-refractivity contribution in [2.45, 2.75) is 24.3 Å². The Labute approximate surface area is 155 Å². The molecular weight excluding hydrogens is 352 g/mol. The largest absolute Gasteiger partial charge is 0.492 e. The molecule has 1 amide bonds. The monoisotopic (exact) mass is 372 g/mol. The molecule has 2 heterocycles. The lowest BCUT2D eigenvalue weighted by Gasteiger charge is -2.14. The van der Waals surface area contributed by atoms with Crippen molar-refractivity contribution in [2.24, 2.45) is 7.05 Å². The summed E-state index contributed by atoms with van der Waals surface area (Å²) >= 11 is 1.33. The van der Waals surface area contributed by atoms with Gasteiger partial charge in [-0.1, -0.05) is 23.9 Å². The zero-order chi connectivity index (χ0) is 18.5. The van der Waals surface area contributed by atoms with Gasteiger partial charge in [0.25, 0.3) is 0 Å². The molecule has 0 saturated carbocycles. The van der Waals surface area contributed by atoms with Gasteiger partial charge >= 0.3 is 0 Å². The van der Waals surface area contributed by atoms with Crippen molar-refractivity contribution in [1.29, 1.82) is 0 Å². The van der Waals surface area contributed by atoms with E-state index in [-0.39, 0.29) is 11.2 Å². The van der Waals surface area contributed by atoms with Gasteiger partial charge in [0.15, 0.2) is 16.7 Å². The molecule has 1 atom stereocenters. The van der Waals surface area contributed by atoms with Crippen molar-refractivity contribution in [3.8, 4) is 17.3 Å². The van der Waals surface area contributed by atoms with E-state index in [1.54, 1.807) is 16.9 Å². The molecule has 0 aliphatic rings. The normalized spacial score (nSPS) is 12.0. The predicted molar refractivity (Wildman–Crippen MR) is 100 cm³/mol. The molecule has 3 aromatic rings. The molecule has 0 fully saturated rings. The molecule has 1 N–H and O–H groups in total. The van der Waals surface area contributed by atoms with E-state index in [0.717, 1.165) is 0 Å². The number of para-hydroxylation sites is 2. The van der Waals surface area contributed by atoms with E-state index in [1.807, 2.05) is 51.2 Å². The number of hydrogen-bond acceptors (Lipinski definition) is 6. The van der Waals surface area contributed by atoms with Crippen LogP contribution in [0.3, 0.4) is 0 Å². The zero-order valence-corrected chi connectivity index (χ0v) is 15.6. The third-order valence-electron chi connectivity index (χ3n) is 3.67. The van der Waals surface area contributed by atoms with Crippen molar-refractivity contribution in [3.63, 3.8) is 0 Å². The molecule has 0 bridgehead atoms. The molecule has 1 unspecified atom stereocenters. The van der Waals surface area contributed by atoms with Crippen molar-refractivity contribution >= 4 is 23.4 Å². The third kappa shape index (κ3) is 3.91. The zero-order valence-electron chi connectivity index (χ0n) is 14.8. The van der Waals surface area contributed by atoms with E-state index >= 15 is 0 Å². The highest BCUT2D eigenvalue weighted by Gasteiger charge is 2.21. The molecule has 7 nitrogen and oxygen atoms in total. The first-order valence-electron chi connectivity index (χ1n) is 8.22. The highest BCUT2D eigenvalue weighted by Crippen LogP contribution is 2.28. The SMILES string of the molecule is CCOc1ccccc1NC(=O)C(C)Sc1nnc(-c2ccco2)n1C. The first-order chi connectivity index (χ1) is 12.6. The minimum absolute atomic E-state index is 0.135. The molecule has 3 rings (SSSR count). The van der Waals surface area contributed by atoms with Crippen molar-refractivity contribution in [1.82, 2.24) is 14.8 Å². The molecule has 0 spiro atoms. The summed E-state index contributed by atoms with van der Waals surface area (Å²) in [5, 5.41) is 11.5. The Kier molecular flexibility index (Phi) is 5.62. The first kappa shape index (κ1) is 18.1. The Bertz CT molecular complexity index is 876. The van der Waals surface area contributed by atoms with Crippen LogP contribution in [0.5, 0.6) is 5.75 Å². The van der Waals surface area contributed by atoms with Gasteiger partial charge in [-0.25, -0.2) is 0 Å². The molecule has 2 aromatic heterocycles. The van der Waals surface area contributed by atoms with Crippen LogP contribution in [0.2, 0.25) is 0 Å². The van der Waals surface area contributed by atoms with Gasteiger partial charge in [-0.15, -0.1) is 10.2 Å². The Balaban J connectivity index is 1.69. The lowest BCUT2D eigenvalue weighted by Crippen LogP contribution is -2.23. The standard InChI is InChI=1S/C18H20N4O3S/c1-4-24-14-9-6-5-8-13(14)19-17(23)12(2)26-18-21-20-16(22(18)3)15-10-7-11-25-15/h5-12H,4H2,1-3H3,(H,19,23). The summed E-state index contributed by atoms with van der Waals surface area (Å²) in [6, 6.07) is 11.0. The number of thioether (sulfide) groups is 1. The van der Waals surface area contributed by atoms with Gasteiger partial charge < -0.3 is 19.0 Å². The molecule has 1 aromatic carbocycles. The lowest BCUT2D eigenvalue weighted by atomic mass is 10.3. The van der Waals surface area contributed by atoms with E-state index in [4.69, 9.17) is 9.15 Å². The van der Waals surface area contributed by atoms with Crippen LogP contribution in [0.25, 0.3) is 11.6 Å². The van der Waals surface area contributed by atoms with Gasteiger partial charge in [0.05, 0.1) is 23.8 Å². The van der Waals surface area contributed by atoms with Gasteiger partial charge in [-0.3, -0.25) is 4.79 Å². The second-order valence-electron chi connectivity index (χ2n) is 5.52. The fraction of sp³-hybridized carbons (Fsp3) is 0.278. The van der Waals surface area contributed by atoms with Crippen LogP contribution in [0.15, 0.2) is 52.2 Å². The minimum atomic E-state index is -0.364.